The fourth-order valence-electron chi connectivity index (χ4n) is 1.01. The number of rotatable bonds is 0. The van der Waals surface area contributed by atoms with Crippen molar-refractivity contribution in [2.75, 3.05) is 0 Å². The summed E-state index contributed by atoms with van der Waals surface area (Å²) in [4.78, 5) is 0. The van der Waals surface area contributed by atoms with Gasteiger partial charge in [-0.3, -0.25) is 0 Å². The van der Waals surface area contributed by atoms with Crippen LogP contribution in [0.15, 0.2) is 0 Å². The van der Waals surface area contributed by atoms with E-state index in [0.717, 1.165) is 20.8 Å². The zero-order valence-electron chi connectivity index (χ0n) is 8.72. The van der Waals surface area contributed by atoms with Crippen LogP contribution in [0.25, 0.3) is 0 Å². The molecule has 0 aliphatic rings. The van der Waals surface area contributed by atoms with Gasteiger partial charge in [0.05, 0.1) is 0 Å². The quantitative estimate of drug-likeness (QED) is 0.475. The number of halogens is 6. The summed E-state index contributed by atoms with van der Waals surface area (Å²) in [5, 5.41) is 0. The van der Waals surface area contributed by atoms with Crippen molar-refractivity contribution in [2.45, 2.75) is 33.1 Å². The van der Waals surface area contributed by atoms with Crippen LogP contribution in [0.5, 0.6) is 0 Å². The van der Waals surface area contributed by atoms with Gasteiger partial charge in [-0.05, 0) is 0 Å². The number of hydrogen-bond acceptors (Lipinski definition) is 1. The predicted molar refractivity (Wildman–Crippen MR) is 36.7 cm³/mol. The molecular weight excluding hydrogens is 300 g/mol. The van der Waals surface area contributed by atoms with Crippen molar-refractivity contribution in [1.82, 2.24) is 0 Å². The minimum atomic E-state index is -5.32. The Bertz CT molecular complexity index is 146. The molecular formula is C7H10F6ORb-. The molecule has 1 N–H and O–H groups in total. The van der Waals surface area contributed by atoms with Gasteiger partial charge >= 0.3 is 58.2 Å². The van der Waals surface area contributed by atoms with Gasteiger partial charge in [0.25, 0.3) is 12.4 Å². The van der Waals surface area contributed by atoms with Gasteiger partial charge in [0.1, 0.15) is 0 Å². The summed E-state index contributed by atoms with van der Waals surface area (Å²) in [5.41, 5.74) is -1.95. The zero-order valence-corrected chi connectivity index (χ0v) is 13.6. The first-order chi connectivity index (χ1) is 5.37. The molecule has 0 saturated carbocycles. The van der Waals surface area contributed by atoms with E-state index >= 15 is 0 Å². The molecule has 0 aromatic rings. The molecule has 0 aliphatic heterocycles. The Labute approximate surface area is 133 Å². The first-order valence-electron chi connectivity index (χ1n) is 3.38. The zero-order chi connectivity index (χ0) is 11.1. The van der Waals surface area contributed by atoms with Crippen LogP contribution in [0.3, 0.4) is 0 Å². The van der Waals surface area contributed by atoms with Gasteiger partial charge < -0.3 is 5.48 Å². The van der Waals surface area contributed by atoms with E-state index in [0.29, 0.717) is 0 Å². The first kappa shape index (κ1) is 21.6. The molecule has 0 saturated heterocycles. The molecule has 88 valence electrons. The SMILES string of the molecule is CC(C)(C)[C-](C(F)(F)F)C(F)(F)F.[OH-].[Rb+]. The molecule has 0 spiro atoms. The van der Waals surface area contributed by atoms with Gasteiger partial charge in [-0.15, -0.1) is 11.3 Å². The standard InChI is InChI=1S/C7H9F6.H2O.Rb/c1-5(2,3)4(6(8,9)10)7(11,12)13;;/h1-3H3;1H2;/q-1;;+1/p-1. The second kappa shape index (κ2) is 6.32. The van der Waals surface area contributed by atoms with Crippen molar-refractivity contribution in [2.24, 2.45) is 5.41 Å². The fraction of sp³-hybridized carbons (Fsp3) is 0.857. The van der Waals surface area contributed by atoms with Crippen molar-refractivity contribution in [3.05, 3.63) is 5.92 Å². The second-order valence-corrected chi connectivity index (χ2v) is 3.62. The minimum absolute atomic E-state index is 0. The normalized spacial score (nSPS) is 13.2. The van der Waals surface area contributed by atoms with E-state index in [1.807, 2.05) is 0 Å². The third-order valence-electron chi connectivity index (χ3n) is 1.32. The van der Waals surface area contributed by atoms with Crippen LogP contribution in [-0.2, 0) is 0 Å². The van der Waals surface area contributed by atoms with Crippen LogP contribution < -0.4 is 58.2 Å². The molecule has 0 heterocycles. The average molecular weight is 310 g/mol. The van der Waals surface area contributed by atoms with E-state index < -0.39 is 23.7 Å². The first-order valence-corrected chi connectivity index (χ1v) is 3.38. The molecule has 0 aromatic carbocycles. The average Bonchev–Trinajstić information content (AvgIpc) is 1.44. The summed E-state index contributed by atoms with van der Waals surface area (Å²) >= 11 is 0. The van der Waals surface area contributed by atoms with Crippen molar-refractivity contribution >= 4 is 0 Å². The van der Waals surface area contributed by atoms with Crippen molar-refractivity contribution in [3.63, 3.8) is 0 Å². The van der Waals surface area contributed by atoms with Crippen LogP contribution in [0.1, 0.15) is 20.8 Å². The summed E-state index contributed by atoms with van der Waals surface area (Å²) in [7, 11) is 0. The van der Waals surface area contributed by atoms with Gasteiger partial charge in [-0.2, -0.15) is 0 Å². The van der Waals surface area contributed by atoms with E-state index in [2.05, 4.69) is 0 Å². The largest absolute Gasteiger partial charge is 1.00 e. The van der Waals surface area contributed by atoms with Crippen molar-refractivity contribution < 1.29 is 90.0 Å². The van der Waals surface area contributed by atoms with Gasteiger partial charge in [-0.25, -0.2) is 26.3 Å². The Morgan fingerprint density at radius 2 is 0.933 bits per heavy atom. The van der Waals surface area contributed by atoms with Gasteiger partial charge in [0.2, 0.25) is 0 Å². The molecule has 0 amide bonds. The van der Waals surface area contributed by atoms with Crippen LogP contribution in [0, 0.1) is 11.3 Å². The van der Waals surface area contributed by atoms with Crippen LogP contribution in [0.4, 0.5) is 26.3 Å². The topological polar surface area (TPSA) is 30.0 Å². The van der Waals surface area contributed by atoms with E-state index in [9.17, 15) is 26.3 Å². The van der Waals surface area contributed by atoms with Gasteiger partial charge in [0, 0.05) is 0 Å². The molecule has 1 nitrogen and oxygen atoms in total. The Balaban J connectivity index is -0.000000720. The molecule has 0 aromatic heterocycles. The summed E-state index contributed by atoms with van der Waals surface area (Å²) in [6.45, 7) is 2.63. The van der Waals surface area contributed by atoms with Crippen LogP contribution >= 0.6 is 0 Å². The van der Waals surface area contributed by atoms with Crippen LogP contribution in [0.2, 0.25) is 0 Å². The molecule has 0 bridgehead atoms. The number of alkyl halides is 6. The fourth-order valence-corrected chi connectivity index (χ4v) is 1.01. The Hall–Kier alpha value is 1.35. The molecule has 0 rings (SSSR count). The van der Waals surface area contributed by atoms with E-state index in [1.54, 1.807) is 0 Å². The third-order valence-corrected chi connectivity index (χ3v) is 1.32. The predicted octanol–water partition coefficient (Wildman–Crippen LogP) is 0.559. The third kappa shape index (κ3) is 7.30. The molecule has 0 radical (unpaired) electrons. The van der Waals surface area contributed by atoms with Crippen LogP contribution in [-0.4, -0.2) is 17.8 Å². The van der Waals surface area contributed by atoms with Gasteiger partial charge in [0.15, 0.2) is 0 Å². The Kier molecular flexibility index (Phi) is 9.11. The Morgan fingerprint density at radius 3 is 0.933 bits per heavy atom. The summed E-state index contributed by atoms with van der Waals surface area (Å²) in [6.07, 6.45) is -10.6. The molecule has 0 aliphatic carbocycles. The van der Waals surface area contributed by atoms with E-state index in [-0.39, 0.29) is 63.7 Å². The second-order valence-electron chi connectivity index (χ2n) is 3.62. The molecule has 0 atom stereocenters. The van der Waals surface area contributed by atoms with Crippen molar-refractivity contribution in [3.8, 4) is 0 Å². The summed E-state index contributed by atoms with van der Waals surface area (Å²) < 4.78 is 71.7. The summed E-state index contributed by atoms with van der Waals surface area (Å²) in [5.74, 6) is -2.35. The number of hydrogen-bond donors (Lipinski definition) is 0. The minimum Gasteiger partial charge on any atom is -0.870 e. The summed E-state index contributed by atoms with van der Waals surface area (Å²) in [6, 6.07) is 0. The maximum absolute atomic E-state index is 12.0. The van der Waals surface area contributed by atoms with Gasteiger partial charge in [-0.1, -0.05) is 20.8 Å². The molecule has 0 fully saturated rings. The smallest absolute Gasteiger partial charge is 0.870 e. The molecule has 8 heteroatoms. The molecule has 15 heavy (non-hydrogen) atoms. The molecule has 0 unspecified atom stereocenters. The maximum atomic E-state index is 12.0. The van der Waals surface area contributed by atoms with Crippen molar-refractivity contribution in [1.29, 1.82) is 0 Å². The van der Waals surface area contributed by atoms with E-state index in [4.69, 9.17) is 0 Å². The maximum Gasteiger partial charge on any atom is 1.00 e. The Morgan fingerprint density at radius 1 is 0.733 bits per heavy atom. The van der Waals surface area contributed by atoms with E-state index in [1.165, 1.54) is 0 Å². The monoisotopic (exact) mass is 309 g/mol.